The number of nitrogens with zero attached hydrogens (tertiary/aromatic N) is 1. The average molecular weight is 279 g/mol. The van der Waals surface area contributed by atoms with Crippen LogP contribution in [0, 0.1) is 0 Å². The van der Waals surface area contributed by atoms with Crippen molar-refractivity contribution in [2.75, 3.05) is 6.26 Å². The van der Waals surface area contributed by atoms with Gasteiger partial charge in [-0.3, -0.25) is 0 Å². The van der Waals surface area contributed by atoms with Gasteiger partial charge in [-0.1, -0.05) is 0 Å². The summed E-state index contributed by atoms with van der Waals surface area (Å²) in [7, 11) is -3.25. The molecule has 1 fully saturated rings. The van der Waals surface area contributed by atoms with Crippen molar-refractivity contribution in [2.24, 2.45) is 5.73 Å². The molecule has 2 N–H and O–H groups in total. The molecule has 0 spiro atoms. The quantitative estimate of drug-likeness (QED) is 0.878. The Morgan fingerprint density at radius 2 is 2.14 bits per heavy atom. The minimum Gasteiger partial charge on any atom is -0.320 e. The zero-order valence-electron chi connectivity index (χ0n) is 7.70. The Morgan fingerprint density at radius 1 is 1.57 bits per heavy atom. The van der Waals surface area contributed by atoms with Crippen molar-refractivity contribution in [1.82, 2.24) is 3.97 Å². The molecule has 0 bridgehead atoms. The Kier molecular flexibility index (Phi) is 2.06. The van der Waals surface area contributed by atoms with Gasteiger partial charge in [0.2, 0.25) is 10.0 Å². The van der Waals surface area contributed by atoms with Crippen molar-refractivity contribution in [2.45, 2.75) is 18.4 Å². The van der Waals surface area contributed by atoms with Crippen LogP contribution < -0.4 is 5.73 Å². The maximum Gasteiger partial charge on any atom is 0.235 e. The van der Waals surface area contributed by atoms with Gasteiger partial charge in [-0.25, -0.2) is 12.4 Å². The van der Waals surface area contributed by atoms with Crippen LogP contribution in [0.2, 0.25) is 0 Å². The molecular formula is C8H11BrN2O2S. The minimum absolute atomic E-state index is 0.435. The second-order valence-electron chi connectivity index (χ2n) is 3.76. The predicted octanol–water partition coefficient (Wildman–Crippen LogP) is 1.01. The van der Waals surface area contributed by atoms with Crippen molar-refractivity contribution >= 4 is 26.0 Å². The Bertz CT molecular complexity index is 474. The molecule has 0 amide bonds. The highest BCUT2D eigenvalue weighted by molar-refractivity contribution is 9.10. The highest BCUT2D eigenvalue weighted by atomic mass is 79.9. The summed E-state index contributed by atoms with van der Waals surface area (Å²) in [5.41, 5.74) is 6.21. The summed E-state index contributed by atoms with van der Waals surface area (Å²) in [5.74, 6) is 0. The van der Waals surface area contributed by atoms with Crippen LogP contribution in [-0.4, -0.2) is 18.6 Å². The maximum absolute atomic E-state index is 11.4. The Hall–Kier alpha value is -0.330. The third kappa shape index (κ3) is 1.62. The zero-order chi connectivity index (χ0) is 10.6. The molecule has 1 saturated carbocycles. The third-order valence-electron chi connectivity index (χ3n) is 2.41. The number of rotatable bonds is 2. The molecule has 2 rings (SSSR count). The summed E-state index contributed by atoms with van der Waals surface area (Å²) < 4.78 is 24.9. The Balaban J connectivity index is 2.60. The van der Waals surface area contributed by atoms with E-state index in [4.69, 9.17) is 5.73 Å². The standard InChI is InChI=1S/C8H11BrN2O2S/c1-14(12,13)11-5-6(9)4-7(11)8(10)2-3-8/h4-5H,2-3,10H2,1H3. The predicted molar refractivity (Wildman–Crippen MR) is 57.5 cm³/mol. The summed E-state index contributed by atoms with van der Waals surface area (Å²) in [6.07, 6.45) is 4.41. The van der Waals surface area contributed by atoms with E-state index in [0.29, 0.717) is 5.69 Å². The minimum atomic E-state index is -3.25. The highest BCUT2D eigenvalue weighted by Gasteiger charge is 2.43. The van der Waals surface area contributed by atoms with E-state index in [1.54, 1.807) is 6.07 Å². The van der Waals surface area contributed by atoms with Crippen LogP contribution in [0.4, 0.5) is 0 Å². The van der Waals surface area contributed by atoms with E-state index in [0.717, 1.165) is 17.3 Å². The summed E-state index contributed by atoms with van der Waals surface area (Å²) in [6, 6.07) is 1.77. The molecule has 1 aromatic heterocycles. The SMILES string of the molecule is CS(=O)(=O)n1cc(Br)cc1C1(N)CC1. The van der Waals surface area contributed by atoms with Gasteiger partial charge in [0.25, 0.3) is 0 Å². The monoisotopic (exact) mass is 278 g/mol. The molecule has 0 aromatic carbocycles. The number of aromatic nitrogens is 1. The average Bonchev–Trinajstić information content (AvgIpc) is 2.60. The van der Waals surface area contributed by atoms with Crippen LogP contribution in [0.15, 0.2) is 16.7 Å². The smallest absolute Gasteiger partial charge is 0.235 e. The van der Waals surface area contributed by atoms with Crippen molar-refractivity contribution in [3.05, 3.63) is 22.4 Å². The molecule has 1 heterocycles. The molecule has 1 aliphatic carbocycles. The van der Waals surface area contributed by atoms with Crippen LogP contribution in [0.25, 0.3) is 0 Å². The Labute approximate surface area is 91.3 Å². The van der Waals surface area contributed by atoms with Crippen molar-refractivity contribution in [1.29, 1.82) is 0 Å². The second kappa shape index (κ2) is 2.84. The van der Waals surface area contributed by atoms with Crippen molar-refractivity contribution < 1.29 is 8.42 Å². The first kappa shape index (κ1) is 10.2. The molecule has 0 atom stereocenters. The van der Waals surface area contributed by atoms with Crippen LogP contribution in [0.1, 0.15) is 18.5 Å². The van der Waals surface area contributed by atoms with Crippen molar-refractivity contribution in [3.8, 4) is 0 Å². The molecule has 1 aliphatic rings. The van der Waals surface area contributed by atoms with E-state index in [1.807, 2.05) is 0 Å². The van der Waals surface area contributed by atoms with Gasteiger partial charge in [0.05, 0.1) is 17.5 Å². The van der Waals surface area contributed by atoms with Gasteiger partial charge >= 0.3 is 0 Å². The number of hydrogen-bond donors (Lipinski definition) is 1. The molecule has 0 saturated heterocycles. The van der Waals surface area contributed by atoms with Gasteiger partial charge in [0, 0.05) is 10.7 Å². The molecule has 78 valence electrons. The molecule has 0 aliphatic heterocycles. The summed E-state index contributed by atoms with van der Waals surface area (Å²) >= 11 is 3.25. The molecule has 14 heavy (non-hydrogen) atoms. The first-order chi connectivity index (χ1) is 6.33. The molecule has 1 aromatic rings. The fraction of sp³-hybridized carbons (Fsp3) is 0.500. The first-order valence-electron chi connectivity index (χ1n) is 4.21. The summed E-state index contributed by atoms with van der Waals surface area (Å²) in [4.78, 5) is 0. The topological polar surface area (TPSA) is 65.1 Å². The van der Waals surface area contributed by atoms with Crippen LogP contribution >= 0.6 is 15.9 Å². The normalized spacial score (nSPS) is 19.6. The van der Waals surface area contributed by atoms with E-state index < -0.39 is 15.6 Å². The third-order valence-corrected chi connectivity index (χ3v) is 3.86. The number of nitrogens with two attached hydrogens (primary N) is 1. The lowest BCUT2D eigenvalue weighted by Gasteiger charge is -2.11. The van der Waals surface area contributed by atoms with Gasteiger partial charge in [0.1, 0.15) is 0 Å². The van der Waals surface area contributed by atoms with Crippen molar-refractivity contribution in [3.63, 3.8) is 0 Å². The van der Waals surface area contributed by atoms with Crippen LogP contribution in [0.5, 0.6) is 0 Å². The van der Waals surface area contributed by atoms with E-state index in [-0.39, 0.29) is 0 Å². The lowest BCUT2D eigenvalue weighted by Crippen LogP contribution is -2.25. The number of hydrogen-bond acceptors (Lipinski definition) is 3. The molecule has 6 heteroatoms. The maximum atomic E-state index is 11.4. The van der Waals surface area contributed by atoms with E-state index in [1.165, 1.54) is 16.4 Å². The van der Waals surface area contributed by atoms with Crippen LogP contribution in [-0.2, 0) is 15.6 Å². The fourth-order valence-electron chi connectivity index (χ4n) is 1.44. The summed E-state index contributed by atoms with van der Waals surface area (Å²) in [6.45, 7) is 0. The van der Waals surface area contributed by atoms with Gasteiger partial charge in [-0.05, 0) is 34.8 Å². The van der Waals surface area contributed by atoms with E-state index in [2.05, 4.69) is 15.9 Å². The van der Waals surface area contributed by atoms with Gasteiger partial charge < -0.3 is 5.73 Å². The van der Waals surface area contributed by atoms with E-state index in [9.17, 15) is 8.42 Å². The lowest BCUT2D eigenvalue weighted by molar-refractivity contribution is 0.584. The van der Waals surface area contributed by atoms with Gasteiger partial charge in [-0.15, -0.1) is 0 Å². The molecule has 0 unspecified atom stereocenters. The highest BCUT2D eigenvalue weighted by Crippen LogP contribution is 2.44. The largest absolute Gasteiger partial charge is 0.320 e. The fourth-order valence-corrected chi connectivity index (χ4v) is 2.90. The molecule has 4 nitrogen and oxygen atoms in total. The lowest BCUT2D eigenvalue weighted by atomic mass is 10.2. The second-order valence-corrected chi connectivity index (χ2v) is 6.53. The molecular weight excluding hydrogens is 268 g/mol. The first-order valence-corrected chi connectivity index (χ1v) is 6.85. The van der Waals surface area contributed by atoms with Gasteiger partial charge in [0.15, 0.2) is 0 Å². The summed E-state index contributed by atoms with van der Waals surface area (Å²) in [5, 5.41) is 0. The zero-order valence-corrected chi connectivity index (χ0v) is 10.1. The number of halogens is 1. The van der Waals surface area contributed by atoms with Crippen LogP contribution in [0.3, 0.4) is 0 Å². The molecule has 0 radical (unpaired) electrons. The Morgan fingerprint density at radius 3 is 2.57 bits per heavy atom. The van der Waals surface area contributed by atoms with Gasteiger partial charge in [-0.2, -0.15) is 0 Å². The van der Waals surface area contributed by atoms with E-state index >= 15 is 0 Å².